The van der Waals surface area contributed by atoms with E-state index in [1.165, 1.54) is 0 Å². The first-order valence-electron chi connectivity index (χ1n) is 3.99. The van der Waals surface area contributed by atoms with Gasteiger partial charge < -0.3 is 14.5 Å². The van der Waals surface area contributed by atoms with Crippen molar-refractivity contribution < 1.29 is 9.15 Å². The van der Waals surface area contributed by atoms with Gasteiger partial charge in [-0.15, -0.1) is 5.10 Å². The molecule has 1 N–H and O–H groups in total. The molecule has 2 heterocycles. The summed E-state index contributed by atoms with van der Waals surface area (Å²) in [6.07, 6.45) is 1.00. The van der Waals surface area contributed by atoms with Gasteiger partial charge in [-0.25, -0.2) is 0 Å². The molecule has 12 heavy (non-hydrogen) atoms. The standard InChI is InChI=1S/C7H11N3O2/c1-5-9-10-7(12-5)8-6-2-3-11-4-6/h6H,2-4H2,1H3,(H,8,10). The van der Waals surface area contributed by atoms with Crippen LogP contribution in [0.2, 0.25) is 0 Å². The number of rotatable bonds is 2. The molecule has 0 bridgehead atoms. The molecule has 0 amide bonds. The lowest BCUT2D eigenvalue weighted by atomic mass is 10.3. The van der Waals surface area contributed by atoms with E-state index >= 15 is 0 Å². The topological polar surface area (TPSA) is 60.2 Å². The minimum Gasteiger partial charge on any atom is -0.408 e. The van der Waals surface area contributed by atoms with Crippen molar-refractivity contribution in [1.29, 1.82) is 0 Å². The number of nitrogens with zero attached hydrogens (tertiary/aromatic N) is 2. The maximum absolute atomic E-state index is 5.18. The van der Waals surface area contributed by atoms with Gasteiger partial charge in [0.05, 0.1) is 12.6 Å². The van der Waals surface area contributed by atoms with E-state index in [9.17, 15) is 0 Å². The van der Waals surface area contributed by atoms with Crippen molar-refractivity contribution >= 4 is 6.01 Å². The molecule has 5 heteroatoms. The Kier molecular flexibility index (Phi) is 1.95. The van der Waals surface area contributed by atoms with E-state index in [0.717, 1.165) is 19.6 Å². The molecule has 5 nitrogen and oxygen atoms in total. The smallest absolute Gasteiger partial charge is 0.315 e. The molecule has 1 aromatic rings. The number of hydrogen-bond donors (Lipinski definition) is 1. The minimum absolute atomic E-state index is 0.324. The Bertz CT molecular complexity index is 255. The molecule has 0 aromatic carbocycles. The number of hydrogen-bond acceptors (Lipinski definition) is 5. The van der Waals surface area contributed by atoms with Crippen LogP contribution in [-0.4, -0.2) is 29.5 Å². The van der Waals surface area contributed by atoms with Crippen LogP contribution in [0.15, 0.2) is 4.42 Å². The number of aromatic nitrogens is 2. The fourth-order valence-corrected chi connectivity index (χ4v) is 1.18. The Balaban J connectivity index is 1.94. The van der Waals surface area contributed by atoms with Crippen molar-refractivity contribution in [2.45, 2.75) is 19.4 Å². The second kappa shape index (κ2) is 3.10. The van der Waals surface area contributed by atoms with Crippen LogP contribution in [0.3, 0.4) is 0 Å². The van der Waals surface area contributed by atoms with E-state index in [-0.39, 0.29) is 0 Å². The zero-order chi connectivity index (χ0) is 8.39. The van der Waals surface area contributed by atoms with Gasteiger partial charge in [-0.1, -0.05) is 5.10 Å². The Hall–Kier alpha value is -1.10. The van der Waals surface area contributed by atoms with Gasteiger partial charge in [0, 0.05) is 13.5 Å². The SMILES string of the molecule is Cc1nnc(NC2CCOC2)o1. The van der Waals surface area contributed by atoms with E-state index in [2.05, 4.69) is 15.5 Å². The minimum atomic E-state index is 0.324. The molecule has 0 saturated carbocycles. The summed E-state index contributed by atoms with van der Waals surface area (Å²) in [4.78, 5) is 0. The molecule has 1 aliphatic rings. The summed E-state index contributed by atoms with van der Waals surface area (Å²) >= 11 is 0. The van der Waals surface area contributed by atoms with E-state index in [4.69, 9.17) is 9.15 Å². The fourth-order valence-electron chi connectivity index (χ4n) is 1.18. The highest BCUT2D eigenvalue weighted by Gasteiger charge is 2.17. The van der Waals surface area contributed by atoms with E-state index < -0.39 is 0 Å². The van der Waals surface area contributed by atoms with E-state index in [1.54, 1.807) is 6.92 Å². The number of nitrogens with one attached hydrogen (secondary N) is 1. The Labute approximate surface area is 70.1 Å². The molecule has 0 radical (unpaired) electrons. The van der Waals surface area contributed by atoms with Crippen LogP contribution in [0, 0.1) is 6.92 Å². The molecule has 1 aliphatic heterocycles. The van der Waals surface area contributed by atoms with Gasteiger partial charge in [0.15, 0.2) is 0 Å². The molecule has 1 unspecified atom stereocenters. The van der Waals surface area contributed by atoms with Crippen molar-refractivity contribution in [2.24, 2.45) is 0 Å². The van der Waals surface area contributed by atoms with Crippen molar-refractivity contribution in [3.05, 3.63) is 5.89 Å². The second-order valence-corrected chi connectivity index (χ2v) is 2.83. The van der Waals surface area contributed by atoms with E-state index in [0.29, 0.717) is 17.9 Å². The fraction of sp³-hybridized carbons (Fsp3) is 0.714. The number of ether oxygens (including phenoxy) is 1. The highest BCUT2D eigenvalue weighted by molar-refractivity contribution is 5.19. The first kappa shape index (κ1) is 7.54. The second-order valence-electron chi connectivity index (χ2n) is 2.83. The third-order valence-electron chi connectivity index (χ3n) is 1.78. The van der Waals surface area contributed by atoms with E-state index in [1.807, 2.05) is 0 Å². The molecule has 2 rings (SSSR count). The maximum atomic E-state index is 5.18. The lowest BCUT2D eigenvalue weighted by molar-refractivity contribution is 0.195. The van der Waals surface area contributed by atoms with Crippen LogP contribution in [0.1, 0.15) is 12.3 Å². The molecule has 66 valence electrons. The summed E-state index contributed by atoms with van der Waals surface area (Å²) in [5, 5.41) is 10.6. The lowest BCUT2D eigenvalue weighted by Crippen LogP contribution is -2.18. The monoisotopic (exact) mass is 169 g/mol. The van der Waals surface area contributed by atoms with Crippen molar-refractivity contribution in [1.82, 2.24) is 10.2 Å². The predicted octanol–water partition coefficient (Wildman–Crippen LogP) is 0.579. The van der Waals surface area contributed by atoms with Crippen LogP contribution < -0.4 is 5.32 Å². The summed E-state index contributed by atoms with van der Waals surface area (Å²) in [5.41, 5.74) is 0. The molecule has 1 atom stereocenters. The lowest BCUT2D eigenvalue weighted by Gasteiger charge is -2.05. The summed E-state index contributed by atoms with van der Waals surface area (Å²) in [7, 11) is 0. The molecule has 1 aromatic heterocycles. The first-order chi connectivity index (χ1) is 5.84. The maximum Gasteiger partial charge on any atom is 0.315 e. The molecular weight excluding hydrogens is 158 g/mol. The number of anilines is 1. The summed E-state index contributed by atoms with van der Waals surface area (Å²) in [6.45, 7) is 3.30. The quantitative estimate of drug-likeness (QED) is 0.701. The third-order valence-corrected chi connectivity index (χ3v) is 1.78. The van der Waals surface area contributed by atoms with Crippen molar-refractivity contribution in [2.75, 3.05) is 18.5 Å². The summed E-state index contributed by atoms with van der Waals surface area (Å²) < 4.78 is 10.3. The largest absolute Gasteiger partial charge is 0.408 e. The van der Waals surface area contributed by atoms with Crippen molar-refractivity contribution in [3.63, 3.8) is 0 Å². The Morgan fingerprint density at radius 2 is 2.42 bits per heavy atom. The van der Waals surface area contributed by atoms with Gasteiger partial charge in [0.2, 0.25) is 5.89 Å². The molecule has 0 spiro atoms. The van der Waals surface area contributed by atoms with Gasteiger partial charge in [0.1, 0.15) is 0 Å². The van der Waals surface area contributed by atoms with Crippen LogP contribution in [0.4, 0.5) is 6.01 Å². The Morgan fingerprint density at radius 1 is 1.50 bits per heavy atom. The Morgan fingerprint density at radius 3 is 3.00 bits per heavy atom. The third kappa shape index (κ3) is 1.55. The van der Waals surface area contributed by atoms with Gasteiger partial charge >= 0.3 is 6.01 Å². The van der Waals surface area contributed by atoms with Crippen LogP contribution >= 0.6 is 0 Å². The molecule has 0 aliphatic carbocycles. The summed E-state index contributed by atoms with van der Waals surface area (Å²) in [6, 6.07) is 0.813. The van der Waals surface area contributed by atoms with Gasteiger partial charge in [-0.2, -0.15) is 0 Å². The highest BCUT2D eigenvalue weighted by atomic mass is 16.5. The van der Waals surface area contributed by atoms with Crippen LogP contribution in [-0.2, 0) is 4.74 Å². The number of aryl methyl sites for hydroxylation is 1. The molecular formula is C7H11N3O2. The molecule has 1 saturated heterocycles. The normalized spacial score (nSPS) is 22.9. The first-order valence-corrected chi connectivity index (χ1v) is 3.99. The van der Waals surface area contributed by atoms with Crippen LogP contribution in [0.25, 0.3) is 0 Å². The van der Waals surface area contributed by atoms with Crippen molar-refractivity contribution in [3.8, 4) is 0 Å². The van der Waals surface area contributed by atoms with Gasteiger partial charge in [-0.3, -0.25) is 0 Å². The summed E-state index contributed by atoms with van der Waals surface area (Å²) in [5.74, 6) is 0.580. The highest BCUT2D eigenvalue weighted by Crippen LogP contribution is 2.11. The average molecular weight is 169 g/mol. The zero-order valence-electron chi connectivity index (χ0n) is 6.91. The predicted molar refractivity (Wildman–Crippen MR) is 41.9 cm³/mol. The average Bonchev–Trinajstić information content (AvgIpc) is 2.63. The van der Waals surface area contributed by atoms with Gasteiger partial charge in [0.25, 0.3) is 0 Å². The molecule has 1 fully saturated rings. The zero-order valence-corrected chi connectivity index (χ0v) is 6.91. The van der Waals surface area contributed by atoms with Crippen LogP contribution in [0.5, 0.6) is 0 Å². The van der Waals surface area contributed by atoms with Gasteiger partial charge in [-0.05, 0) is 6.42 Å².